The van der Waals surface area contributed by atoms with E-state index < -0.39 is 5.91 Å². The molecule has 1 amide bonds. The van der Waals surface area contributed by atoms with Crippen LogP contribution in [-0.2, 0) is 0 Å². The van der Waals surface area contributed by atoms with Gasteiger partial charge in [-0.2, -0.15) is 5.11 Å². The number of anilines is 1. The Balaban J connectivity index is 2.70. The SMILES string of the molecule is CC(C)(C)N=NNc1nc[nH]c1C(N)=O. The molecular weight excluding hydrogens is 196 g/mol. The molecule has 0 radical (unpaired) electrons. The molecule has 0 aliphatic carbocycles. The number of amides is 1. The fourth-order valence-electron chi connectivity index (χ4n) is 0.789. The molecule has 0 saturated carbocycles. The van der Waals surface area contributed by atoms with Gasteiger partial charge in [-0.25, -0.2) is 10.4 Å². The number of hydrogen-bond donors (Lipinski definition) is 3. The standard InChI is InChI=1S/C8H14N6O/c1-8(2,3)13-14-12-7-5(6(9)15)10-4-11-7/h4H,1-3H3,(H2,9,15)(H,10,11)(H,12,13). The summed E-state index contributed by atoms with van der Waals surface area (Å²) >= 11 is 0. The third-order valence-electron chi connectivity index (χ3n) is 1.39. The van der Waals surface area contributed by atoms with Gasteiger partial charge in [-0.1, -0.05) is 5.22 Å². The number of imidazole rings is 1. The number of aromatic nitrogens is 2. The lowest BCUT2D eigenvalue weighted by atomic mass is 10.1. The number of nitrogens with zero attached hydrogens (tertiary/aromatic N) is 3. The number of primary amides is 1. The summed E-state index contributed by atoms with van der Waals surface area (Å²) in [5, 5.41) is 7.65. The normalized spacial score (nSPS) is 11.9. The minimum absolute atomic E-state index is 0.183. The Morgan fingerprint density at radius 2 is 2.27 bits per heavy atom. The highest BCUT2D eigenvalue weighted by Gasteiger charge is 2.11. The van der Waals surface area contributed by atoms with Crippen molar-refractivity contribution in [1.82, 2.24) is 9.97 Å². The summed E-state index contributed by atoms with van der Waals surface area (Å²) in [5.74, 6) is -0.323. The van der Waals surface area contributed by atoms with Crippen LogP contribution in [0, 0.1) is 0 Å². The molecule has 0 unspecified atom stereocenters. The van der Waals surface area contributed by atoms with E-state index >= 15 is 0 Å². The van der Waals surface area contributed by atoms with E-state index in [1.807, 2.05) is 20.8 Å². The highest BCUT2D eigenvalue weighted by Crippen LogP contribution is 2.10. The van der Waals surface area contributed by atoms with Crippen LogP contribution in [0.4, 0.5) is 5.82 Å². The molecule has 7 heteroatoms. The fourth-order valence-corrected chi connectivity index (χ4v) is 0.789. The van der Waals surface area contributed by atoms with Gasteiger partial charge in [0.2, 0.25) is 0 Å². The van der Waals surface area contributed by atoms with Gasteiger partial charge in [0, 0.05) is 0 Å². The van der Waals surface area contributed by atoms with E-state index in [0.717, 1.165) is 0 Å². The quantitative estimate of drug-likeness (QED) is 0.513. The van der Waals surface area contributed by atoms with Crippen molar-refractivity contribution in [1.29, 1.82) is 0 Å². The van der Waals surface area contributed by atoms with Gasteiger partial charge in [0.05, 0.1) is 11.9 Å². The Morgan fingerprint density at radius 3 is 2.80 bits per heavy atom. The van der Waals surface area contributed by atoms with Gasteiger partial charge >= 0.3 is 0 Å². The third-order valence-corrected chi connectivity index (χ3v) is 1.39. The Morgan fingerprint density at radius 1 is 1.60 bits per heavy atom. The molecule has 1 aromatic heterocycles. The number of hydrogen-bond acceptors (Lipinski definition) is 4. The van der Waals surface area contributed by atoms with Crippen molar-refractivity contribution < 1.29 is 4.79 Å². The predicted molar refractivity (Wildman–Crippen MR) is 55.3 cm³/mol. The minimum atomic E-state index is -0.596. The van der Waals surface area contributed by atoms with Crippen LogP contribution in [0.25, 0.3) is 0 Å². The van der Waals surface area contributed by atoms with Crippen LogP contribution in [-0.4, -0.2) is 21.4 Å². The maximum atomic E-state index is 10.9. The lowest BCUT2D eigenvalue weighted by Crippen LogP contribution is -2.14. The first-order valence-electron chi connectivity index (χ1n) is 4.41. The number of aromatic amines is 1. The zero-order valence-electron chi connectivity index (χ0n) is 8.90. The van der Waals surface area contributed by atoms with Crippen LogP contribution < -0.4 is 11.2 Å². The van der Waals surface area contributed by atoms with E-state index in [0.29, 0.717) is 0 Å². The monoisotopic (exact) mass is 210 g/mol. The zero-order valence-corrected chi connectivity index (χ0v) is 8.90. The van der Waals surface area contributed by atoms with E-state index in [1.165, 1.54) is 6.33 Å². The van der Waals surface area contributed by atoms with Gasteiger partial charge < -0.3 is 10.7 Å². The molecule has 0 spiro atoms. The van der Waals surface area contributed by atoms with E-state index in [9.17, 15) is 4.79 Å². The second-order valence-electron chi connectivity index (χ2n) is 3.97. The molecule has 0 aromatic carbocycles. The number of rotatable bonds is 3. The number of nitrogens with two attached hydrogens (primary N) is 1. The van der Waals surface area contributed by atoms with Gasteiger partial charge in [0.15, 0.2) is 5.82 Å². The van der Waals surface area contributed by atoms with Gasteiger partial charge in [-0.3, -0.25) is 4.79 Å². The first-order chi connectivity index (χ1) is 6.90. The lowest BCUT2D eigenvalue weighted by molar-refractivity contribution is 0.0997. The van der Waals surface area contributed by atoms with Crippen LogP contribution in [0.3, 0.4) is 0 Å². The molecular formula is C8H14N6O. The highest BCUT2D eigenvalue weighted by atomic mass is 16.1. The summed E-state index contributed by atoms with van der Waals surface area (Å²) in [6.45, 7) is 5.70. The molecule has 0 fully saturated rings. The van der Waals surface area contributed by atoms with Gasteiger partial charge in [-0.05, 0) is 20.8 Å². The molecule has 0 atom stereocenters. The minimum Gasteiger partial charge on any atom is -0.364 e. The van der Waals surface area contributed by atoms with Crippen LogP contribution in [0.1, 0.15) is 31.3 Å². The maximum absolute atomic E-state index is 10.9. The molecule has 7 nitrogen and oxygen atoms in total. The van der Waals surface area contributed by atoms with Crippen molar-refractivity contribution in [3.05, 3.63) is 12.0 Å². The molecule has 82 valence electrons. The average molecular weight is 210 g/mol. The summed E-state index contributed by atoms with van der Waals surface area (Å²) in [4.78, 5) is 17.3. The first kappa shape index (κ1) is 11.2. The largest absolute Gasteiger partial charge is 0.364 e. The van der Waals surface area contributed by atoms with Crippen molar-refractivity contribution in [3.8, 4) is 0 Å². The van der Waals surface area contributed by atoms with Gasteiger partial charge in [-0.15, -0.1) is 0 Å². The maximum Gasteiger partial charge on any atom is 0.269 e. The van der Waals surface area contributed by atoms with Crippen LogP contribution in [0.5, 0.6) is 0 Å². The van der Waals surface area contributed by atoms with Crippen molar-refractivity contribution in [3.63, 3.8) is 0 Å². The number of carbonyl (C=O) groups excluding carboxylic acids is 1. The Hall–Kier alpha value is -1.92. The Bertz CT molecular complexity index is 375. The summed E-state index contributed by atoms with van der Waals surface area (Å²) in [6.07, 6.45) is 1.36. The van der Waals surface area contributed by atoms with E-state index in [-0.39, 0.29) is 17.1 Å². The van der Waals surface area contributed by atoms with Crippen LogP contribution in [0.15, 0.2) is 16.7 Å². The molecule has 0 aliphatic rings. The molecule has 0 bridgehead atoms. The third kappa shape index (κ3) is 3.37. The van der Waals surface area contributed by atoms with Crippen molar-refractivity contribution in [2.75, 3.05) is 5.43 Å². The Kier molecular flexibility index (Phi) is 3.03. The smallest absolute Gasteiger partial charge is 0.269 e. The van der Waals surface area contributed by atoms with Gasteiger partial charge in [0.25, 0.3) is 5.91 Å². The first-order valence-corrected chi connectivity index (χ1v) is 4.41. The topological polar surface area (TPSA) is 109 Å². The molecule has 1 aromatic rings. The van der Waals surface area contributed by atoms with Crippen molar-refractivity contribution in [2.24, 2.45) is 16.1 Å². The number of H-pyrrole nitrogens is 1. The average Bonchev–Trinajstić information content (AvgIpc) is 2.49. The second-order valence-corrected chi connectivity index (χ2v) is 3.97. The van der Waals surface area contributed by atoms with Crippen molar-refractivity contribution in [2.45, 2.75) is 26.3 Å². The second kappa shape index (κ2) is 4.07. The summed E-state index contributed by atoms with van der Waals surface area (Å²) in [7, 11) is 0. The zero-order chi connectivity index (χ0) is 11.5. The Labute approximate surface area is 87.2 Å². The van der Waals surface area contributed by atoms with E-state index in [4.69, 9.17) is 5.73 Å². The summed E-state index contributed by atoms with van der Waals surface area (Å²) < 4.78 is 0. The summed E-state index contributed by atoms with van der Waals surface area (Å²) in [6, 6.07) is 0. The van der Waals surface area contributed by atoms with Crippen LogP contribution >= 0.6 is 0 Å². The molecule has 15 heavy (non-hydrogen) atoms. The fraction of sp³-hybridized carbons (Fsp3) is 0.500. The number of nitrogens with one attached hydrogen (secondary N) is 2. The molecule has 1 rings (SSSR count). The van der Waals surface area contributed by atoms with Crippen LogP contribution in [0.2, 0.25) is 0 Å². The number of carbonyl (C=O) groups is 1. The molecule has 1 heterocycles. The molecule has 0 saturated heterocycles. The van der Waals surface area contributed by atoms with E-state index in [1.54, 1.807) is 0 Å². The molecule has 4 N–H and O–H groups in total. The van der Waals surface area contributed by atoms with Gasteiger partial charge in [0.1, 0.15) is 5.69 Å². The summed E-state index contributed by atoms with van der Waals surface area (Å²) in [5.41, 5.74) is 7.54. The highest BCUT2D eigenvalue weighted by molar-refractivity contribution is 5.95. The van der Waals surface area contributed by atoms with Crippen molar-refractivity contribution >= 4 is 11.7 Å². The molecule has 0 aliphatic heterocycles. The predicted octanol–water partition coefficient (Wildman–Crippen LogP) is 1.09. The lowest BCUT2D eigenvalue weighted by Gasteiger charge is -2.08. The van der Waals surface area contributed by atoms with E-state index in [2.05, 4.69) is 25.7 Å².